The molecule has 0 saturated heterocycles. The van der Waals surface area contributed by atoms with E-state index < -0.39 is 0 Å². The molecule has 2 amide bonds. The summed E-state index contributed by atoms with van der Waals surface area (Å²) in [4.78, 5) is 32.0. The van der Waals surface area contributed by atoms with Crippen LogP contribution in [0.2, 0.25) is 0 Å². The Balaban J connectivity index is 1.49. The van der Waals surface area contributed by atoms with E-state index in [2.05, 4.69) is 15.4 Å². The Morgan fingerprint density at radius 1 is 1.21 bits per heavy atom. The first-order valence-corrected chi connectivity index (χ1v) is 12.0. The Labute approximate surface area is 202 Å². The quantitative estimate of drug-likeness (QED) is 0.394. The molecule has 2 heterocycles. The summed E-state index contributed by atoms with van der Waals surface area (Å²) in [5.74, 6) is -0.208. The van der Waals surface area contributed by atoms with E-state index in [0.717, 1.165) is 27.7 Å². The van der Waals surface area contributed by atoms with E-state index >= 15 is 0 Å². The summed E-state index contributed by atoms with van der Waals surface area (Å²) in [5.41, 5.74) is 2.76. The van der Waals surface area contributed by atoms with Crippen LogP contribution >= 0.6 is 11.8 Å². The lowest BCUT2D eigenvalue weighted by molar-refractivity contribution is -0.122. The molecule has 0 aliphatic carbocycles. The largest absolute Gasteiger partial charge is 0.385 e. The third kappa shape index (κ3) is 5.37. The van der Waals surface area contributed by atoms with Crippen LogP contribution in [0.3, 0.4) is 0 Å². The average Bonchev–Trinajstić information content (AvgIpc) is 3.30. The highest BCUT2D eigenvalue weighted by molar-refractivity contribution is 8.14. The second kappa shape index (κ2) is 10.7. The standard InChI is InChI=1S/C25H27N5O3S/c1-17-19(15-29(2)28-17)14-22-24(32)30(12-7-13-33-3)25(27-22)34-16-23(31)26-21-11-6-9-18-8-4-5-10-20(18)21/h4-6,8-11,14-15H,7,12-13,16H2,1-3H3,(H,26,31). The number of hydrogen-bond acceptors (Lipinski definition) is 6. The molecule has 4 rings (SSSR count). The molecule has 1 aliphatic heterocycles. The Kier molecular flexibility index (Phi) is 7.44. The van der Waals surface area contributed by atoms with Gasteiger partial charge in [-0.1, -0.05) is 48.2 Å². The first kappa shape index (κ1) is 23.7. The lowest BCUT2D eigenvalue weighted by Crippen LogP contribution is -2.32. The maximum Gasteiger partial charge on any atom is 0.278 e. The van der Waals surface area contributed by atoms with Gasteiger partial charge in [-0.3, -0.25) is 19.2 Å². The van der Waals surface area contributed by atoms with Crippen molar-refractivity contribution in [1.82, 2.24) is 14.7 Å². The van der Waals surface area contributed by atoms with Crippen molar-refractivity contribution >= 4 is 51.3 Å². The van der Waals surface area contributed by atoms with Gasteiger partial charge in [0.1, 0.15) is 5.70 Å². The fourth-order valence-corrected chi connectivity index (χ4v) is 4.59. The lowest BCUT2D eigenvalue weighted by Gasteiger charge is -2.17. The molecule has 0 saturated carbocycles. The van der Waals surface area contributed by atoms with Gasteiger partial charge in [0.25, 0.3) is 5.91 Å². The number of nitrogens with zero attached hydrogens (tertiary/aromatic N) is 4. The average molecular weight is 478 g/mol. The predicted octanol–water partition coefficient (Wildman–Crippen LogP) is 3.83. The van der Waals surface area contributed by atoms with Crippen molar-refractivity contribution in [1.29, 1.82) is 0 Å². The summed E-state index contributed by atoms with van der Waals surface area (Å²) in [5, 5.41) is 9.86. The molecule has 176 valence electrons. The normalized spacial score (nSPS) is 14.8. The zero-order chi connectivity index (χ0) is 24.1. The van der Waals surface area contributed by atoms with Gasteiger partial charge in [-0.15, -0.1) is 0 Å². The minimum absolute atomic E-state index is 0.134. The van der Waals surface area contributed by atoms with Gasteiger partial charge in [0, 0.05) is 50.1 Å². The number of rotatable bonds is 8. The van der Waals surface area contributed by atoms with Crippen molar-refractivity contribution in [2.75, 3.05) is 31.3 Å². The van der Waals surface area contributed by atoms with Crippen molar-refractivity contribution in [3.8, 4) is 0 Å². The molecule has 34 heavy (non-hydrogen) atoms. The number of nitrogens with one attached hydrogen (secondary N) is 1. The molecule has 0 spiro atoms. The van der Waals surface area contributed by atoms with E-state index in [1.54, 1.807) is 22.8 Å². The van der Waals surface area contributed by atoms with E-state index in [1.165, 1.54) is 11.8 Å². The van der Waals surface area contributed by atoms with Gasteiger partial charge >= 0.3 is 0 Å². The number of hydrogen-bond donors (Lipinski definition) is 1. The number of aromatic nitrogens is 2. The highest BCUT2D eigenvalue weighted by atomic mass is 32.2. The van der Waals surface area contributed by atoms with Gasteiger partial charge < -0.3 is 10.1 Å². The maximum atomic E-state index is 13.1. The molecule has 2 aromatic carbocycles. The highest BCUT2D eigenvalue weighted by Gasteiger charge is 2.31. The van der Waals surface area contributed by atoms with Gasteiger partial charge in [0.15, 0.2) is 5.17 Å². The van der Waals surface area contributed by atoms with Crippen LogP contribution in [-0.2, 0) is 21.4 Å². The SMILES string of the molecule is COCCCN1C(=O)C(=Cc2cn(C)nc2C)N=C1SCC(=O)Nc1cccc2ccccc12. The number of aryl methyl sites for hydroxylation is 2. The van der Waals surface area contributed by atoms with E-state index in [1.807, 2.05) is 62.6 Å². The molecule has 0 bridgehead atoms. The summed E-state index contributed by atoms with van der Waals surface area (Å²) in [6.45, 7) is 2.88. The van der Waals surface area contributed by atoms with Crippen LogP contribution in [-0.4, -0.2) is 57.7 Å². The third-order valence-corrected chi connectivity index (χ3v) is 6.36. The number of fused-ring (bicyclic) bond motifs is 1. The third-order valence-electron chi connectivity index (χ3n) is 5.38. The monoisotopic (exact) mass is 477 g/mol. The molecule has 3 aromatic rings. The van der Waals surface area contributed by atoms with Crippen molar-refractivity contribution in [3.63, 3.8) is 0 Å². The number of amides is 2. The van der Waals surface area contributed by atoms with Gasteiger partial charge in [-0.25, -0.2) is 4.99 Å². The molecular formula is C25H27N5O3S. The summed E-state index contributed by atoms with van der Waals surface area (Å²) in [6, 6.07) is 13.7. The Morgan fingerprint density at radius 3 is 2.76 bits per heavy atom. The molecule has 1 aliphatic rings. The van der Waals surface area contributed by atoms with E-state index in [0.29, 0.717) is 30.4 Å². The highest BCUT2D eigenvalue weighted by Crippen LogP contribution is 2.26. The number of thioether (sulfide) groups is 1. The number of methoxy groups -OCH3 is 1. The van der Waals surface area contributed by atoms with Crippen LogP contribution in [0, 0.1) is 6.92 Å². The van der Waals surface area contributed by atoms with Crippen LogP contribution in [0.5, 0.6) is 0 Å². The predicted molar refractivity (Wildman–Crippen MR) is 137 cm³/mol. The van der Waals surface area contributed by atoms with Gasteiger partial charge in [0.2, 0.25) is 5.91 Å². The maximum absolute atomic E-state index is 13.1. The molecule has 9 heteroatoms. The molecule has 1 aromatic heterocycles. The van der Waals surface area contributed by atoms with Crippen molar-refractivity contribution in [2.24, 2.45) is 12.0 Å². The van der Waals surface area contributed by atoms with Gasteiger partial charge in [0.05, 0.1) is 11.4 Å². The Bertz CT molecular complexity index is 1280. The summed E-state index contributed by atoms with van der Waals surface area (Å²) < 4.78 is 6.84. The summed E-state index contributed by atoms with van der Waals surface area (Å²) >= 11 is 1.25. The first-order chi connectivity index (χ1) is 16.5. The Hall–Kier alpha value is -3.43. The molecule has 1 N–H and O–H groups in total. The second-order valence-electron chi connectivity index (χ2n) is 7.93. The van der Waals surface area contributed by atoms with E-state index in [4.69, 9.17) is 4.74 Å². The van der Waals surface area contributed by atoms with E-state index in [9.17, 15) is 9.59 Å². The molecule has 0 fully saturated rings. The Morgan fingerprint density at radius 2 is 2.00 bits per heavy atom. The number of benzene rings is 2. The molecule has 8 nitrogen and oxygen atoms in total. The number of aliphatic imine (C=N–C) groups is 1. The van der Waals surface area contributed by atoms with Crippen LogP contribution in [0.4, 0.5) is 5.69 Å². The number of amidine groups is 1. The zero-order valence-corrected chi connectivity index (χ0v) is 20.3. The van der Waals surface area contributed by atoms with Gasteiger partial charge in [-0.05, 0) is 30.9 Å². The topological polar surface area (TPSA) is 88.8 Å². The van der Waals surface area contributed by atoms with Gasteiger partial charge in [-0.2, -0.15) is 5.10 Å². The number of carbonyl (C=O) groups is 2. The van der Waals surface area contributed by atoms with Crippen LogP contribution < -0.4 is 5.32 Å². The summed E-state index contributed by atoms with van der Waals surface area (Å²) in [7, 11) is 3.46. The molecule has 0 unspecified atom stereocenters. The molecular weight excluding hydrogens is 450 g/mol. The van der Waals surface area contributed by atoms with E-state index in [-0.39, 0.29) is 17.6 Å². The first-order valence-electron chi connectivity index (χ1n) is 11.0. The second-order valence-corrected chi connectivity index (χ2v) is 8.88. The van der Waals surface area contributed by atoms with Crippen LogP contribution in [0.1, 0.15) is 17.7 Å². The van der Waals surface area contributed by atoms with Crippen LogP contribution in [0.15, 0.2) is 59.4 Å². The van der Waals surface area contributed by atoms with Crippen molar-refractivity contribution in [3.05, 3.63) is 65.6 Å². The molecule has 0 radical (unpaired) electrons. The fraction of sp³-hybridized carbons (Fsp3) is 0.280. The minimum Gasteiger partial charge on any atom is -0.385 e. The number of anilines is 1. The summed E-state index contributed by atoms with van der Waals surface area (Å²) in [6.07, 6.45) is 4.27. The fourth-order valence-electron chi connectivity index (χ4n) is 3.76. The van der Waals surface area contributed by atoms with Crippen molar-refractivity contribution < 1.29 is 14.3 Å². The number of ether oxygens (including phenoxy) is 1. The smallest absolute Gasteiger partial charge is 0.278 e. The lowest BCUT2D eigenvalue weighted by atomic mass is 10.1. The minimum atomic E-state index is -0.184. The molecule has 0 atom stereocenters. The number of carbonyl (C=O) groups excluding carboxylic acids is 2. The van der Waals surface area contributed by atoms with Crippen molar-refractivity contribution in [2.45, 2.75) is 13.3 Å². The van der Waals surface area contributed by atoms with Crippen LogP contribution in [0.25, 0.3) is 16.8 Å². The zero-order valence-electron chi connectivity index (χ0n) is 19.4.